The molecule has 166 valence electrons. The van der Waals surface area contributed by atoms with Gasteiger partial charge >= 0.3 is 6.03 Å². The third kappa shape index (κ3) is 6.42. The topological polar surface area (TPSA) is 61.9 Å². The molecule has 1 fully saturated rings. The second-order valence-corrected chi connectivity index (χ2v) is 8.40. The lowest BCUT2D eigenvalue weighted by atomic mass is 10.1. The standard InChI is InChI=1S/C23H27ClFN3O3/c1-16(2)13-28(22(29)20-8-3-4-9-21(20)25)15-19-14-27(10-11-31-19)23(30)26-18-7-5-6-17(24)12-18/h3-9,12,16,19H,10-11,13-15H2,1-2H3,(H,26,30). The van der Waals surface area contributed by atoms with E-state index in [0.29, 0.717) is 37.0 Å². The number of hydrogen-bond donors (Lipinski definition) is 1. The Hall–Kier alpha value is -2.64. The molecule has 1 aliphatic rings. The Balaban J connectivity index is 1.66. The van der Waals surface area contributed by atoms with Gasteiger partial charge in [0.15, 0.2) is 0 Å². The van der Waals surface area contributed by atoms with Gasteiger partial charge in [-0.05, 0) is 36.2 Å². The number of hydrogen-bond acceptors (Lipinski definition) is 3. The minimum atomic E-state index is -0.548. The molecule has 1 atom stereocenters. The van der Waals surface area contributed by atoms with Crippen molar-refractivity contribution in [2.24, 2.45) is 5.92 Å². The Bertz CT molecular complexity index is 924. The number of anilines is 1. The lowest BCUT2D eigenvalue weighted by Crippen LogP contribution is -2.52. The van der Waals surface area contributed by atoms with E-state index in [2.05, 4.69) is 5.32 Å². The molecular weight excluding hydrogens is 421 g/mol. The molecule has 3 amide bonds. The van der Waals surface area contributed by atoms with Gasteiger partial charge in [-0.3, -0.25) is 4.79 Å². The van der Waals surface area contributed by atoms with Crippen molar-refractivity contribution < 1.29 is 18.7 Å². The van der Waals surface area contributed by atoms with E-state index < -0.39 is 5.82 Å². The van der Waals surface area contributed by atoms with Crippen LogP contribution in [0.1, 0.15) is 24.2 Å². The molecule has 3 rings (SSSR count). The molecule has 0 aliphatic carbocycles. The smallest absolute Gasteiger partial charge is 0.322 e. The third-order valence-electron chi connectivity index (χ3n) is 4.90. The van der Waals surface area contributed by atoms with Gasteiger partial charge in [-0.15, -0.1) is 0 Å². The zero-order chi connectivity index (χ0) is 22.4. The van der Waals surface area contributed by atoms with Gasteiger partial charge in [0.25, 0.3) is 5.91 Å². The van der Waals surface area contributed by atoms with Crippen molar-refractivity contribution in [1.29, 1.82) is 0 Å². The zero-order valence-electron chi connectivity index (χ0n) is 17.7. The van der Waals surface area contributed by atoms with Crippen LogP contribution in [0.3, 0.4) is 0 Å². The Morgan fingerprint density at radius 3 is 2.74 bits per heavy atom. The predicted octanol–water partition coefficient (Wildman–Crippen LogP) is 4.51. The van der Waals surface area contributed by atoms with Crippen molar-refractivity contribution in [3.63, 3.8) is 0 Å². The maximum absolute atomic E-state index is 14.2. The van der Waals surface area contributed by atoms with Gasteiger partial charge in [-0.1, -0.05) is 43.6 Å². The van der Waals surface area contributed by atoms with Crippen LogP contribution in [0.15, 0.2) is 48.5 Å². The highest BCUT2D eigenvalue weighted by Gasteiger charge is 2.29. The first-order valence-corrected chi connectivity index (χ1v) is 10.7. The number of benzene rings is 2. The molecule has 1 aliphatic heterocycles. The van der Waals surface area contributed by atoms with Crippen molar-refractivity contribution in [3.8, 4) is 0 Å². The second kappa shape index (κ2) is 10.6. The summed E-state index contributed by atoms with van der Waals surface area (Å²) in [5.41, 5.74) is 0.645. The van der Waals surface area contributed by atoms with E-state index in [-0.39, 0.29) is 36.1 Å². The average molecular weight is 448 g/mol. The second-order valence-electron chi connectivity index (χ2n) is 7.96. The Morgan fingerprint density at radius 1 is 1.26 bits per heavy atom. The van der Waals surface area contributed by atoms with Gasteiger partial charge in [0, 0.05) is 30.3 Å². The first-order chi connectivity index (χ1) is 14.8. The Kier molecular flexibility index (Phi) is 7.87. The average Bonchev–Trinajstić information content (AvgIpc) is 2.73. The number of urea groups is 1. The summed E-state index contributed by atoms with van der Waals surface area (Å²) in [6.07, 6.45) is -0.367. The summed E-state index contributed by atoms with van der Waals surface area (Å²) in [7, 11) is 0. The largest absolute Gasteiger partial charge is 0.373 e. The van der Waals surface area contributed by atoms with Crippen LogP contribution in [0.2, 0.25) is 5.02 Å². The molecule has 0 aromatic heterocycles. The van der Waals surface area contributed by atoms with Crippen molar-refractivity contribution in [3.05, 3.63) is 64.9 Å². The van der Waals surface area contributed by atoms with E-state index in [1.54, 1.807) is 46.2 Å². The van der Waals surface area contributed by atoms with Crippen molar-refractivity contribution in [2.45, 2.75) is 20.0 Å². The zero-order valence-corrected chi connectivity index (χ0v) is 18.4. The molecule has 0 saturated carbocycles. The number of nitrogens with zero attached hydrogens (tertiary/aromatic N) is 2. The van der Waals surface area contributed by atoms with Crippen LogP contribution in [-0.4, -0.2) is 60.6 Å². The van der Waals surface area contributed by atoms with Crippen LogP contribution < -0.4 is 5.32 Å². The molecule has 0 spiro atoms. The number of nitrogens with one attached hydrogen (secondary N) is 1. The van der Waals surface area contributed by atoms with Crippen LogP contribution in [0, 0.1) is 11.7 Å². The number of ether oxygens (including phenoxy) is 1. The van der Waals surface area contributed by atoms with Gasteiger partial charge in [0.1, 0.15) is 5.82 Å². The molecule has 8 heteroatoms. The van der Waals surface area contributed by atoms with E-state index in [1.807, 2.05) is 13.8 Å². The Labute approximate surface area is 186 Å². The fraction of sp³-hybridized carbons (Fsp3) is 0.391. The van der Waals surface area contributed by atoms with Gasteiger partial charge in [-0.25, -0.2) is 9.18 Å². The third-order valence-corrected chi connectivity index (χ3v) is 5.14. The van der Waals surface area contributed by atoms with Crippen molar-refractivity contribution >= 4 is 29.2 Å². The van der Waals surface area contributed by atoms with Crippen LogP contribution in [0.5, 0.6) is 0 Å². The normalized spacial score (nSPS) is 16.3. The summed E-state index contributed by atoms with van der Waals surface area (Å²) in [6.45, 7) is 5.84. The molecule has 1 heterocycles. The molecule has 1 N–H and O–H groups in total. The molecule has 0 bridgehead atoms. The summed E-state index contributed by atoms with van der Waals surface area (Å²) in [4.78, 5) is 28.9. The molecule has 2 aromatic carbocycles. The number of amides is 3. The van der Waals surface area contributed by atoms with Gasteiger partial charge in [0.05, 0.1) is 24.8 Å². The lowest BCUT2D eigenvalue weighted by Gasteiger charge is -2.36. The van der Waals surface area contributed by atoms with E-state index in [4.69, 9.17) is 16.3 Å². The quantitative estimate of drug-likeness (QED) is 0.708. The highest BCUT2D eigenvalue weighted by molar-refractivity contribution is 6.30. The molecule has 31 heavy (non-hydrogen) atoms. The van der Waals surface area contributed by atoms with Gasteiger partial charge in [0.2, 0.25) is 0 Å². The number of rotatable bonds is 6. The first kappa shape index (κ1) is 23.0. The molecule has 2 aromatic rings. The first-order valence-electron chi connectivity index (χ1n) is 10.3. The van der Waals surface area contributed by atoms with Crippen molar-refractivity contribution in [1.82, 2.24) is 9.80 Å². The van der Waals surface area contributed by atoms with E-state index in [9.17, 15) is 14.0 Å². The molecular formula is C23H27ClFN3O3. The van der Waals surface area contributed by atoms with E-state index >= 15 is 0 Å². The number of morpholine rings is 1. The van der Waals surface area contributed by atoms with E-state index in [1.165, 1.54) is 12.1 Å². The Morgan fingerprint density at radius 2 is 2.03 bits per heavy atom. The SMILES string of the molecule is CC(C)CN(CC1CN(C(=O)Nc2cccc(Cl)c2)CCO1)C(=O)c1ccccc1F. The number of halogens is 2. The highest BCUT2D eigenvalue weighted by Crippen LogP contribution is 2.18. The van der Waals surface area contributed by atoms with E-state index in [0.717, 1.165) is 0 Å². The fourth-order valence-corrected chi connectivity index (χ4v) is 3.71. The number of carbonyl (C=O) groups excluding carboxylic acids is 2. The summed E-state index contributed by atoms with van der Waals surface area (Å²) < 4.78 is 20.0. The summed E-state index contributed by atoms with van der Waals surface area (Å²) >= 11 is 5.98. The maximum atomic E-state index is 14.2. The highest BCUT2D eigenvalue weighted by atomic mass is 35.5. The monoisotopic (exact) mass is 447 g/mol. The maximum Gasteiger partial charge on any atom is 0.322 e. The summed E-state index contributed by atoms with van der Waals surface area (Å²) in [6, 6.07) is 12.6. The summed E-state index contributed by atoms with van der Waals surface area (Å²) in [5, 5.41) is 3.37. The van der Waals surface area contributed by atoms with Gasteiger partial charge in [-0.2, -0.15) is 0 Å². The summed E-state index contributed by atoms with van der Waals surface area (Å²) in [5.74, 6) is -0.731. The fourth-order valence-electron chi connectivity index (χ4n) is 3.51. The lowest BCUT2D eigenvalue weighted by molar-refractivity contribution is -0.0272. The van der Waals surface area contributed by atoms with Crippen LogP contribution in [0.4, 0.5) is 14.9 Å². The molecule has 1 saturated heterocycles. The van der Waals surface area contributed by atoms with Crippen LogP contribution in [0.25, 0.3) is 0 Å². The molecule has 0 radical (unpaired) electrons. The van der Waals surface area contributed by atoms with Gasteiger partial charge < -0.3 is 19.9 Å². The predicted molar refractivity (Wildman–Crippen MR) is 119 cm³/mol. The minimum Gasteiger partial charge on any atom is -0.373 e. The molecule has 6 nitrogen and oxygen atoms in total. The number of carbonyl (C=O) groups is 2. The minimum absolute atomic E-state index is 0.0366. The van der Waals surface area contributed by atoms with Crippen molar-refractivity contribution in [2.75, 3.05) is 38.1 Å². The van der Waals surface area contributed by atoms with Crippen LogP contribution >= 0.6 is 11.6 Å². The van der Waals surface area contributed by atoms with Crippen LogP contribution in [-0.2, 0) is 4.74 Å². The molecule has 1 unspecified atom stereocenters.